The number of amides is 3. The van der Waals surface area contributed by atoms with Crippen LogP contribution in [-0.2, 0) is 20.9 Å². The van der Waals surface area contributed by atoms with Crippen molar-refractivity contribution in [3.63, 3.8) is 0 Å². The first kappa shape index (κ1) is 16.3. The van der Waals surface area contributed by atoms with Gasteiger partial charge in [0.1, 0.15) is 12.6 Å². The number of likely N-dealkylation sites (N-methyl/N-ethyl adjacent to an activating group) is 1. The molecule has 1 aromatic heterocycles. The molecule has 1 aromatic carbocycles. The molecule has 9 nitrogen and oxygen atoms in total. The Hall–Kier alpha value is -3.10. The molecule has 0 aliphatic heterocycles. The molecule has 2 aromatic rings. The van der Waals surface area contributed by atoms with Crippen LogP contribution in [0.15, 0.2) is 29.1 Å². The summed E-state index contributed by atoms with van der Waals surface area (Å²) in [5.41, 5.74) is 5.80. The molecule has 3 amide bonds. The third-order valence-corrected chi connectivity index (χ3v) is 3.29. The molecular formula is C14H17N5O4. The number of nitrogens with one attached hydrogen (secondary N) is 3. The van der Waals surface area contributed by atoms with E-state index in [9.17, 15) is 19.2 Å². The van der Waals surface area contributed by atoms with Crippen LogP contribution in [-0.4, -0.2) is 40.4 Å². The molecular weight excluding hydrogens is 302 g/mol. The molecule has 122 valence electrons. The lowest BCUT2D eigenvalue weighted by Crippen LogP contribution is -2.48. The lowest BCUT2D eigenvalue weighted by atomic mass is 10.2. The van der Waals surface area contributed by atoms with Gasteiger partial charge in [-0.25, -0.2) is 4.79 Å². The summed E-state index contributed by atoms with van der Waals surface area (Å²) in [5, 5.41) is 4.74. The maximum absolute atomic E-state index is 12.1. The Kier molecular flexibility index (Phi) is 4.79. The van der Waals surface area contributed by atoms with Crippen LogP contribution < -0.4 is 22.1 Å². The first-order valence-corrected chi connectivity index (χ1v) is 6.89. The van der Waals surface area contributed by atoms with Gasteiger partial charge >= 0.3 is 5.69 Å². The van der Waals surface area contributed by atoms with Crippen LogP contribution in [0.5, 0.6) is 0 Å². The maximum Gasteiger partial charge on any atom is 0.326 e. The number of benzene rings is 1. The lowest BCUT2D eigenvalue weighted by molar-refractivity contribution is -0.131. The average Bonchev–Trinajstić information content (AvgIpc) is 2.81. The predicted octanol–water partition coefficient (Wildman–Crippen LogP) is -1.56. The standard InChI is InChI=1S/C14H17N5O4/c1-16-13(22)9(6-11(15)20)17-12(21)7-19-10-5-3-2-4-8(10)18-14(19)23/h2-5,9H,6-7H2,1H3,(H2,15,20)(H,16,22)(H,17,21)(H,18,23)/t9-/m0/s1. The van der Waals surface area contributed by atoms with Crippen LogP contribution in [0.1, 0.15) is 6.42 Å². The normalized spacial score (nSPS) is 11.9. The zero-order valence-electron chi connectivity index (χ0n) is 12.5. The van der Waals surface area contributed by atoms with Gasteiger partial charge in [0.05, 0.1) is 17.5 Å². The summed E-state index contributed by atoms with van der Waals surface area (Å²) in [5.74, 6) is -1.83. The number of imidazole rings is 1. The second-order valence-electron chi connectivity index (χ2n) is 4.94. The fraction of sp³-hybridized carbons (Fsp3) is 0.286. The Morgan fingerprint density at radius 1 is 1.30 bits per heavy atom. The van der Waals surface area contributed by atoms with Gasteiger partial charge in [0.2, 0.25) is 17.7 Å². The Bertz CT molecular complexity index is 807. The number of fused-ring (bicyclic) bond motifs is 1. The van der Waals surface area contributed by atoms with Crippen molar-refractivity contribution in [2.45, 2.75) is 19.0 Å². The molecule has 23 heavy (non-hydrogen) atoms. The fourth-order valence-electron chi connectivity index (χ4n) is 2.23. The molecule has 0 aliphatic rings. The van der Waals surface area contributed by atoms with Gasteiger partial charge in [-0.05, 0) is 12.1 Å². The Morgan fingerprint density at radius 2 is 2.00 bits per heavy atom. The minimum atomic E-state index is -1.08. The Balaban J connectivity index is 2.16. The van der Waals surface area contributed by atoms with Crippen molar-refractivity contribution < 1.29 is 14.4 Å². The summed E-state index contributed by atoms with van der Waals surface area (Å²) < 4.78 is 1.25. The quantitative estimate of drug-likeness (QED) is 0.511. The molecule has 0 saturated heterocycles. The molecule has 5 N–H and O–H groups in total. The molecule has 0 unspecified atom stereocenters. The number of aromatic amines is 1. The Morgan fingerprint density at radius 3 is 2.65 bits per heavy atom. The summed E-state index contributed by atoms with van der Waals surface area (Å²) in [7, 11) is 1.38. The lowest BCUT2D eigenvalue weighted by Gasteiger charge is -2.15. The van der Waals surface area contributed by atoms with E-state index in [2.05, 4.69) is 15.6 Å². The van der Waals surface area contributed by atoms with E-state index in [0.717, 1.165) is 0 Å². The summed E-state index contributed by atoms with van der Waals surface area (Å²) in [4.78, 5) is 49.3. The number of carbonyl (C=O) groups excluding carboxylic acids is 3. The van der Waals surface area contributed by atoms with Crippen molar-refractivity contribution in [1.29, 1.82) is 0 Å². The second-order valence-corrected chi connectivity index (χ2v) is 4.94. The molecule has 1 heterocycles. The summed E-state index contributed by atoms with van der Waals surface area (Å²) in [6.07, 6.45) is -0.325. The van der Waals surface area contributed by atoms with Crippen molar-refractivity contribution in [3.8, 4) is 0 Å². The topological polar surface area (TPSA) is 139 Å². The van der Waals surface area contributed by atoms with E-state index in [1.165, 1.54) is 11.6 Å². The fourth-order valence-corrected chi connectivity index (χ4v) is 2.23. The maximum atomic E-state index is 12.1. The van der Waals surface area contributed by atoms with Gasteiger partial charge in [-0.3, -0.25) is 19.0 Å². The Labute approximate surface area is 130 Å². The molecule has 0 spiro atoms. The largest absolute Gasteiger partial charge is 0.370 e. The molecule has 9 heteroatoms. The number of nitrogens with zero attached hydrogens (tertiary/aromatic N) is 1. The number of primary amides is 1. The molecule has 2 rings (SSSR count). The first-order valence-electron chi connectivity index (χ1n) is 6.89. The smallest absolute Gasteiger partial charge is 0.326 e. The highest BCUT2D eigenvalue weighted by molar-refractivity contribution is 5.91. The van der Waals surface area contributed by atoms with Crippen molar-refractivity contribution in [2.75, 3.05) is 7.05 Å². The number of aromatic nitrogens is 2. The van der Waals surface area contributed by atoms with Gasteiger partial charge in [0.25, 0.3) is 0 Å². The molecule has 0 aliphatic carbocycles. The third-order valence-electron chi connectivity index (χ3n) is 3.29. The number of H-pyrrole nitrogens is 1. The first-order chi connectivity index (χ1) is 10.9. The number of nitrogens with two attached hydrogens (primary N) is 1. The molecule has 0 saturated carbocycles. The van der Waals surface area contributed by atoms with E-state index in [0.29, 0.717) is 11.0 Å². The highest BCUT2D eigenvalue weighted by Gasteiger charge is 2.22. The summed E-state index contributed by atoms with van der Waals surface area (Å²) in [6, 6.07) is 5.83. The van der Waals surface area contributed by atoms with Gasteiger partial charge in [-0.1, -0.05) is 12.1 Å². The molecule has 1 atom stereocenters. The number of rotatable bonds is 6. The van der Waals surface area contributed by atoms with E-state index in [1.807, 2.05) is 0 Å². The van der Waals surface area contributed by atoms with Gasteiger partial charge in [-0.2, -0.15) is 0 Å². The highest BCUT2D eigenvalue weighted by Crippen LogP contribution is 2.08. The minimum Gasteiger partial charge on any atom is -0.370 e. The number of hydrogen-bond donors (Lipinski definition) is 4. The number of para-hydroxylation sites is 2. The average molecular weight is 319 g/mol. The number of carbonyl (C=O) groups is 3. The molecule has 0 fully saturated rings. The zero-order valence-corrected chi connectivity index (χ0v) is 12.5. The van der Waals surface area contributed by atoms with Gasteiger partial charge in [0.15, 0.2) is 0 Å². The van der Waals surface area contributed by atoms with E-state index >= 15 is 0 Å². The van der Waals surface area contributed by atoms with Gasteiger partial charge < -0.3 is 21.4 Å². The van der Waals surface area contributed by atoms with E-state index in [-0.39, 0.29) is 13.0 Å². The van der Waals surface area contributed by atoms with Gasteiger partial charge in [0, 0.05) is 7.05 Å². The van der Waals surface area contributed by atoms with Crippen LogP contribution >= 0.6 is 0 Å². The van der Waals surface area contributed by atoms with Crippen molar-refractivity contribution in [3.05, 3.63) is 34.7 Å². The summed E-state index contributed by atoms with van der Waals surface area (Å²) in [6.45, 7) is -0.283. The second kappa shape index (κ2) is 6.77. The van der Waals surface area contributed by atoms with Crippen molar-refractivity contribution in [1.82, 2.24) is 20.2 Å². The van der Waals surface area contributed by atoms with E-state index < -0.39 is 29.5 Å². The van der Waals surface area contributed by atoms with Crippen LogP contribution in [0.3, 0.4) is 0 Å². The monoisotopic (exact) mass is 319 g/mol. The highest BCUT2D eigenvalue weighted by atomic mass is 16.2. The van der Waals surface area contributed by atoms with Crippen LogP contribution in [0, 0.1) is 0 Å². The van der Waals surface area contributed by atoms with Gasteiger partial charge in [-0.15, -0.1) is 0 Å². The SMILES string of the molecule is CNC(=O)[C@H](CC(N)=O)NC(=O)Cn1c(=O)[nH]c2ccccc21. The van der Waals surface area contributed by atoms with E-state index in [1.54, 1.807) is 24.3 Å². The van der Waals surface area contributed by atoms with Crippen LogP contribution in [0.4, 0.5) is 0 Å². The molecule has 0 bridgehead atoms. The van der Waals surface area contributed by atoms with E-state index in [4.69, 9.17) is 5.73 Å². The minimum absolute atomic E-state index is 0.283. The number of hydrogen-bond acceptors (Lipinski definition) is 4. The van der Waals surface area contributed by atoms with Crippen molar-refractivity contribution in [2.24, 2.45) is 5.73 Å². The third kappa shape index (κ3) is 3.76. The molecule has 0 radical (unpaired) electrons. The zero-order chi connectivity index (χ0) is 17.0. The van der Waals surface area contributed by atoms with Crippen LogP contribution in [0.2, 0.25) is 0 Å². The van der Waals surface area contributed by atoms with Crippen LogP contribution in [0.25, 0.3) is 11.0 Å². The summed E-state index contributed by atoms with van der Waals surface area (Å²) >= 11 is 0. The van der Waals surface area contributed by atoms with Crippen molar-refractivity contribution >= 4 is 28.8 Å². The predicted molar refractivity (Wildman–Crippen MR) is 82.4 cm³/mol.